The lowest BCUT2D eigenvalue weighted by atomic mass is 9.56. The van der Waals surface area contributed by atoms with E-state index in [0.29, 0.717) is 10.8 Å². The Morgan fingerprint density at radius 3 is 2.61 bits per heavy atom. The van der Waals surface area contributed by atoms with Crippen LogP contribution in [0.3, 0.4) is 0 Å². The summed E-state index contributed by atoms with van der Waals surface area (Å²) in [5.41, 5.74) is 2.53. The molecule has 3 nitrogen and oxygen atoms in total. The van der Waals surface area contributed by atoms with E-state index in [1.165, 1.54) is 31.2 Å². The topological polar surface area (TPSA) is 34.1 Å². The third-order valence-corrected chi connectivity index (χ3v) is 4.62. The molecule has 2 fully saturated rings. The van der Waals surface area contributed by atoms with E-state index >= 15 is 0 Å². The molecular formula is C15H22N2O. The van der Waals surface area contributed by atoms with E-state index in [9.17, 15) is 0 Å². The second kappa shape index (κ2) is 4.63. The van der Waals surface area contributed by atoms with Gasteiger partial charge < -0.3 is 10.1 Å². The lowest BCUT2D eigenvalue weighted by molar-refractivity contribution is 0.112. The van der Waals surface area contributed by atoms with Crippen LogP contribution in [0.15, 0.2) is 24.5 Å². The Bertz CT molecular complexity index is 392. The molecule has 2 aliphatic carbocycles. The third kappa shape index (κ3) is 2.17. The molecule has 1 aromatic heterocycles. The highest BCUT2D eigenvalue weighted by atomic mass is 16.5. The van der Waals surface area contributed by atoms with E-state index in [4.69, 9.17) is 4.74 Å². The van der Waals surface area contributed by atoms with Crippen molar-refractivity contribution in [3.8, 4) is 0 Å². The lowest BCUT2D eigenvalue weighted by Gasteiger charge is -2.49. The van der Waals surface area contributed by atoms with Crippen LogP contribution < -0.4 is 5.32 Å². The van der Waals surface area contributed by atoms with Crippen molar-refractivity contribution in [3.05, 3.63) is 30.1 Å². The summed E-state index contributed by atoms with van der Waals surface area (Å²) in [5, 5.41) is 3.55. The minimum Gasteiger partial charge on any atom is -0.383 e. The van der Waals surface area contributed by atoms with Gasteiger partial charge in [0.2, 0.25) is 0 Å². The molecule has 0 amide bonds. The molecule has 1 N–H and O–H groups in total. The molecule has 1 aromatic rings. The van der Waals surface area contributed by atoms with Gasteiger partial charge in [0, 0.05) is 38.0 Å². The van der Waals surface area contributed by atoms with E-state index in [2.05, 4.69) is 22.4 Å². The van der Waals surface area contributed by atoms with Gasteiger partial charge in [-0.25, -0.2) is 0 Å². The number of hydrogen-bond acceptors (Lipinski definition) is 3. The predicted molar refractivity (Wildman–Crippen MR) is 71.6 cm³/mol. The highest BCUT2D eigenvalue weighted by Crippen LogP contribution is 2.68. The van der Waals surface area contributed by atoms with Crippen molar-refractivity contribution in [1.29, 1.82) is 0 Å². The molecule has 0 unspecified atom stereocenters. The van der Waals surface area contributed by atoms with Crippen LogP contribution in [0.1, 0.15) is 31.2 Å². The summed E-state index contributed by atoms with van der Waals surface area (Å²) in [6.07, 6.45) is 9.43. The minimum absolute atomic E-state index is 0.354. The average molecular weight is 246 g/mol. The molecule has 0 radical (unpaired) electrons. The number of nitrogens with zero attached hydrogens (tertiary/aromatic N) is 1. The second-order valence-electron chi connectivity index (χ2n) is 6.04. The second-order valence-corrected chi connectivity index (χ2v) is 6.04. The molecule has 1 spiro atoms. The molecule has 3 rings (SSSR count). The first kappa shape index (κ1) is 12.1. The SMILES string of the molecule is COCCNCC1(c2ccncc2)CC2(CC2)C1. The third-order valence-electron chi connectivity index (χ3n) is 4.62. The monoisotopic (exact) mass is 246 g/mol. The fraction of sp³-hybridized carbons (Fsp3) is 0.667. The molecule has 0 aromatic carbocycles. The molecule has 3 heteroatoms. The van der Waals surface area contributed by atoms with Gasteiger partial charge in [-0.15, -0.1) is 0 Å². The maximum atomic E-state index is 5.09. The van der Waals surface area contributed by atoms with Gasteiger partial charge in [-0.3, -0.25) is 4.98 Å². The summed E-state index contributed by atoms with van der Waals surface area (Å²) >= 11 is 0. The quantitative estimate of drug-likeness (QED) is 0.781. The summed E-state index contributed by atoms with van der Waals surface area (Å²) < 4.78 is 5.09. The normalized spacial score (nSPS) is 22.7. The summed E-state index contributed by atoms with van der Waals surface area (Å²) in [7, 11) is 1.75. The maximum Gasteiger partial charge on any atom is 0.0587 e. The van der Waals surface area contributed by atoms with E-state index in [1.54, 1.807) is 7.11 Å². The zero-order chi connectivity index (χ0) is 12.5. The van der Waals surface area contributed by atoms with Crippen LogP contribution in [0.4, 0.5) is 0 Å². The van der Waals surface area contributed by atoms with Crippen molar-refractivity contribution in [2.75, 3.05) is 26.8 Å². The van der Waals surface area contributed by atoms with E-state index in [1.807, 2.05) is 12.4 Å². The Kier molecular flexibility index (Phi) is 3.12. The van der Waals surface area contributed by atoms with Crippen LogP contribution in [0.25, 0.3) is 0 Å². The van der Waals surface area contributed by atoms with Crippen molar-refractivity contribution in [2.24, 2.45) is 5.41 Å². The lowest BCUT2D eigenvalue weighted by Crippen LogP contribution is -2.50. The molecule has 0 saturated heterocycles. The summed E-state index contributed by atoms with van der Waals surface area (Å²) in [6.45, 7) is 2.80. The Morgan fingerprint density at radius 1 is 1.28 bits per heavy atom. The molecule has 18 heavy (non-hydrogen) atoms. The number of pyridine rings is 1. The first-order valence-electron chi connectivity index (χ1n) is 6.89. The zero-order valence-electron chi connectivity index (χ0n) is 11.1. The van der Waals surface area contributed by atoms with Gasteiger partial charge in [-0.05, 0) is 48.8 Å². The number of aromatic nitrogens is 1. The molecular weight excluding hydrogens is 224 g/mol. The Labute approximate surface area is 109 Å². The molecule has 0 aliphatic heterocycles. The van der Waals surface area contributed by atoms with Gasteiger partial charge in [-0.2, -0.15) is 0 Å². The number of rotatable bonds is 6. The molecule has 98 valence electrons. The van der Waals surface area contributed by atoms with Crippen molar-refractivity contribution in [1.82, 2.24) is 10.3 Å². The summed E-state index contributed by atoms with van der Waals surface area (Å²) in [5.74, 6) is 0. The van der Waals surface area contributed by atoms with E-state index < -0.39 is 0 Å². The Hall–Kier alpha value is -0.930. The largest absolute Gasteiger partial charge is 0.383 e. The first-order valence-corrected chi connectivity index (χ1v) is 6.89. The van der Waals surface area contributed by atoms with E-state index in [-0.39, 0.29) is 0 Å². The smallest absolute Gasteiger partial charge is 0.0587 e. The average Bonchev–Trinajstić information content (AvgIpc) is 3.15. The summed E-state index contributed by atoms with van der Waals surface area (Å²) in [4.78, 5) is 4.14. The van der Waals surface area contributed by atoms with Gasteiger partial charge in [0.25, 0.3) is 0 Å². The van der Waals surface area contributed by atoms with Gasteiger partial charge in [0.05, 0.1) is 6.61 Å². The van der Waals surface area contributed by atoms with Crippen molar-refractivity contribution < 1.29 is 4.74 Å². The summed E-state index contributed by atoms with van der Waals surface area (Å²) in [6, 6.07) is 4.38. The number of ether oxygens (including phenoxy) is 1. The molecule has 0 bridgehead atoms. The van der Waals surface area contributed by atoms with Gasteiger partial charge in [0.15, 0.2) is 0 Å². The van der Waals surface area contributed by atoms with Crippen LogP contribution in [-0.2, 0) is 10.2 Å². The van der Waals surface area contributed by atoms with Crippen LogP contribution in [0.2, 0.25) is 0 Å². The van der Waals surface area contributed by atoms with Crippen LogP contribution in [-0.4, -0.2) is 31.8 Å². The first-order chi connectivity index (χ1) is 8.79. The standard InChI is InChI=1S/C15H22N2O/c1-18-9-8-17-12-15(10-14(11-15)4-5-14)13-2-6-16-7-3-13/h2-3,6-7,17H,4-5,8-12H2,1H3. The zero-order valence-corrected chi connectivity index (χ0v) is 11.1. The number of hydrogen-bond donors (Lipinski definition) is 1. The van der Waals surface area contributed by atoms with Crippen molar-refractivity contribution >= 4 is 0 Å². The number of nitrogens with one attached hydrogen (secondary N) is 1. The van der Waals surface area contributed by atoms with Crippen molar-refractivity contribution in [3.63, 3.8) is 0 Å². The molecule has 1 heterocycles. The Morgan fingerprint density at radius 2 is 2.00 bits per heavy atom. The number of methoxy groups -OCH3 is 1. The van der Waals surface area contributed by atoms with Gasteiger partial charge in [0.1, 0.15) is 0 Å². The highest BCUT2D eigenvalue weighted by molar-refractivity contribution is 5.32. The van der Waals surface area contributed by atoms with Gasteiger partial charge in [-0.1, -0.05) is 0 Å². The fourth-order valence-corrected chi connectivity index (χ4v) is 3.55. The fourth-order valence-electron chi connectivity index (χ4n) is 3.55. The molecule has 0 atom stereocenters. The highest BCUT2D eigenvalue weighted by Gasteiger charge is 2.60. The molecule has 2 saturated carbocycles. The van der Waals surface area contributed by atoms with Crippen molar-refractivity contribution in [2.45, 2.75) is 31.1 Å². The van der Waals surface area contributed by atoms with E-state index in [0.717, 1.165) is 19.7 Å². The minimum atomic E-state index is 0.354. The Balaban J connectivity index is 1.66. The molecule has 2 aliphatic rings. The maximum absolute atomic E-state index is 5.09. The van der Waals surface area contributed by atoms with Crippen LogP contribution in [0, 0.1) is 5.41 Å². The van der Waals surface area contributed by atoms with Gasteiger partial charge >= 0.3 is 0 Å². The predicted octanol–water partition coefficient (Wildman–Crippen LogP) is 2.13. The van der Waals surface area contributed by atoms with Crippen LogP contribution in [0.5, 0.6) is 0 Å². The van der Waals surface area contributed by atoms with Crippen LogP contribution >= 0.6 is 0 Å².